The molecule has 26 heavy (non-hydrogen) atoms. The summed E-state index contributed by atoms with van der Waals surface area (Å²) in [5, 5.41) is 6.52. The SMILES string of the molecule is CCNC(=NCc1ccn(C)c1)NCc1cccc(OCC(N)=O)c1.I. The largest absolute Gasteiger partial charge is 0.484 e. The van der Waals surface area contributed by atoms with E-state index >= 15 is 0 Å². The van der Waals surface area contributed by atoms with Gasteiger partial charge in [0.05, 0.1) is 6.54 Å². The van der Waals surface area contributed by atoms with E-state index in [0.717, 1.165) is 23.6 Å². The zero-order valence-electron chi connectivity index (χ0n) is 15.1. The number of primary amides is 1. The summed E-state index contributed by atoms with van der Waals surface area (Å²) in [6.07, 6.45) is 4.05. The topological polar surface area (TPSA) is 93.7 Å². The van der Waals surface area contributed by atoms with Crippen molar-refractivity contribution in [2.24, 2.45) is 17.8 Å². The molecule has 2 aromatic rings. The molecule has 0 atom stereocenters. The van der Waals surface area contributed by atoms with Crippen molar-refractivity contribution < 1.29 is 9.53 Å². The van der Waals surface area contributed by atoms with Gasteiger partial charge in [0.1, 0.15) is 5.75 Å². The van der Waals surface area contributed by atoms with Crippen molar-refractivity contribution in [2.75, 3.05) is 13.2 Å². The molecule has 0 aliphatic carbocycles. The maximum atomic E-state index is 10.8. The number of benzene rings is 1. The summed E-state index contributed by atoms with van der Waals surface area (Å²) in [6.45, 7) is 3.88. The van der Waals surface area contributed by atoms with Gasteiger partial charge in [0.2, 0.25) is 0 Å². The van der Waals surface area contributed by atoms with Crippen LogP contribution in [0.3, 0.4) is 0 Å². The molecular weight excluding hydrogens is 445 g/mol. The Morgan fingerprint density at radius 2 is 2.08 bits per heavy atom. The lowest BCUT2D eigenvalue weighted by molar-refractivity contribution is -0.119. The van der Waals surface area contributed by atoms with Crippen LogP contribution in [0.25, 0.3) is 0 Å². The van der Waals surface area contributed by atoms with Crippen molar-refractivity contribution in [3.05, 3.63) is 53.9 Å². The minimum absolute atomic E-state index is 0. The standard InChI is InChI=1S/C18H25N5O2.HI/c1-3-20-18(22-11-15-7-8-23(2)12-15)21-10-14-5-4-6-16(9-14)25-13-17(19)24;/h4-9,12H,3,10-11,13H2,1-2H3,(H2,19,24)(H2,20,21,22);1H. The first kappa shape index (κ1) is 21.8. The number of halogens is 1. The summed E-state index contributed by atoms with van der Waals surface area (Å²) in [5.74, 6) is 0.866. The third kappa shape index (κ3) is 7.77. The Morgan fingerprint density at radius 3 is 2.73 bits per heavy atom. The van der Waals surface area contributed by atoms with Crippen LogP contribution in [0.1, 0.15) is 18.1 Å². The van der Waals surface area contributed by atoms with Crippen molar-refractivity contribution in [2.45, 2.75) is 20.0 Å². The highest BCUT2D eigenvalue weighted by Gasteiger charge is 2.02. The first-order valence-electron chi connectivity index (χ1n) is 8.20. The van der Waals surface area contributed by atoms with Crippen LogP contribution in [-0.4, -0.2) is 29.6 Å². The molecule has 7 nitrogen and oxygen atoms in total. The van der Waals surface area contributed by atoms with Crippen molar-refractivity contribution in [3.8, 4) is 5.75 Å². The van der Waals surface area contributed by atoms with Crippen molar-refractivity contribution in [3.63, 3.8) is 0 Å². The first-order valence-corrected chi connectivity index (χ1v) is 8.20. The number of nitrogens with two attached hydrogens (primary N) is 1. The Bertz CT molecular complexity index is 730. The molecule has 8 heteroatoms. The Labute approximate surface area is 171 Å². The van der Waals surface area contributed by atoms with Gasteiger partial charge in [-0.15, -0.1) is 24.0 Å². The van der Waals surface area contributed by atoms with Gasteiger partial charge in [-0.25, -0.2) is 4.99 Å². The summed E-state index contributed by atoms with van der Waals surface area (Å²) < 4.78 is 7.32. The number of aryl methyl sites for hydroxylation is 1. The third-order valence-corrected chi connectivity index (χ3v) is 3.40. The number of carbonyl (C=O) groups is 1. The predicted octanol–water partition coefficient (Wildman–Crippen LogP) is 1.76. The summed E-state index contributed by atoms with van der Waals surface area (Å²) in [6, 6.07) is 9.57. The van der Waals surface area contributed by atoms with E-state index in [1.165, 1.54) is 0 Å². The van der Waals surface area contributed by atoms with E-state index in [9.17, 15) is 4.79 Å². The molecule has 0 saturated heterocycles. The lowest BCUT2D eigenvalue weighted by Crippen LogP contribution is -2.36. The molecule has 0 aliphatic heterocycles. The minimum atomic E-state index is -0.494. The molecule has 0 spiro atoms. The van der Waals surface area contributed by atoms with Crippen LogP contribution in [0.2, 0.25) is 0 Å². The highest BCUT2D eigenvalue weighted by atomic mass is 127. The van der Waals surface area contributed by atoms with Crippen LogP contribution in [0, 0.1) is 0 Å². The van der Waals surface area contributed by atoms with Crippen LogP contribution < -0.4 is 21.1 Å². The number of ether oxygens (including phenoxy) is 1. The van der Waals surface area contributed by atoms with E-state index in [0.29, 0.717) is 18.8 Å². The molecule has 0 saturated carbocycles. The Kier molecular flexibility index (Phi) is 9.56. The van der Waals surface area contributed by atoms with Gasteiger partial charge in [-0.1, -0.05) is 12.1 Å². The molecule has 4 N–H and O–H groups in total. The van der Waals surface area contributed by atoms with Gasteiger partial charge in [0, 0.05) is 32.5 Å². The zero-order chi connectivity index (χ0) is 18.1. The molecule has 0 bridgehead atoms. The van der Waals surface area contributed by atoms with E-state index in [4.69, 9.17) is 10.5 Å². The second kappa shape index (κ2) is 11.4. The van der Waals surface area contributed by atoms with Gasteiger partial charge in [0.15, 0.2) is 12.6 Å². The Morgan fingerprint density at radius 1 is 1.27 bits per heavy atom. The molecule has 1 aromatic carbocycles. The number of nitrogens with one attached hydrogen (secondary N) is 2. The monoisotopic (exact) mass is 471 g/mol. The predicted molar refractivity (Wildman–Crippen MR) is 114 cm³/mol. The first-order chi connectivity index (χ1) is 12.1. The molecule has 1 aromatic heterocycles. The van der Waals surface area contributed by atoms with Crippen molar-refractivity contribution >= 4 is 35.8 Å². The van der Waals surface area contributed by atoms with Crippen molar-refractivity contribution in [1.82, 2.24) is 15.2 Å². The van der Waals surface area contributed by atoms with Gasteiger partial charge >= 0.3 is 0 Å². The second-order valence-electron chi connectivity index (χ2n) is 5.64. The number of rotatable bonds is 8. The highest BCUT2D eigenvalue weighted by Crippen LogP contribution is 2.13. The van der Waals surface area contributed by atoms with E-state index in [1.54, 1.807) is 6.07 Å². The van der Waals surface area contributed by atoms with Crippen molar-refractivity contribution in [1.29, 1.82) is 0 Å². The molecule has 0 radical (unpaired) electrons. The number of carbonyl (C=O) groups excluding carboxylic acids is 1. The second-order valence-corrected chi connectivity index (χ2v) is 5.64. The molecule has 1 amide bonds. The summed E-state index contributed by atoms with van der Waals surface area (Å²) in [4.78, 5) is 15.4. The van der Waals surface area contributed by atoms with E-state index in [-0.39, 0.29) is 30.6 Å². The van der Waals surface area contributed by atoms with Crippen LogP contribution in [0.15, 0.2) is 47.7 Å². The molecular formula is C18H26IN5O2. The van der Waals surface area contributed by atoms with Gasteiger partial charge in [-0.2, -0.15) is 0 Å². The molecule has 1 heterocycles. The maximum Gasteiger partial charge on any atom is 0.255 e. The lowest BCUT2D eigenvalue weighted by atomic mass is 10.2. The number of guanidine groups is 1. The smallest absolute Gasteiger partial charge is 0.255 e. The highest BCUT2D eigenvalue weighted by molar-refractivity contribution is 14.0. The van der Waals surface area contributed by atoms with Gasteiger partial charge in [-0.3, -0.25) is 4.79 Å². The Balaban J connectivity index is 0.00000338. The third-order valence-electron chi connectivity index (χ3n) is 3.40. The quantitative estimate of drug-likeness (QED) is 0.311. The Hall–Kier alpha value is -2.23. The summed E-state index contributed by atoms with van der Waals surface area (Å²) in [7, 11) is 1.99. The fourth-order valence-corrected chi connectivity index (χ4v) is 2.25. The molecule has 0 fully saturated rings. The van der Waals surface area contributed by atoms with Crippen LogP contribution >= 0.6 is 24.0 Å². The number of aromatic nitrogens is 1. The lowest BCUT2D eigenvalue weighted by Gasteiger charge is -2.12. The van der Waals surface area contributed by atoms with Crippen LogP contribution in [0.5, 0.6) is 5.75 Å². The maximum absolute atomic E-state index is 10.8. The molecule has 0 unspecified atom stereocenters. The van der Waals surface area contributed by atoms with Gasteiger partial charge in [0.25, 0.3) is 5.91 Å². The fraction of sp³-hybridized carbons (Fsp3) is 0.333. The molecule has 2 rings (SSSR count). The van der Waals surface area contributed by atoms with E-state index in [2.05, 4.69) is 15.6 Å². The number of nitrogens with zero attached hydrogens (tertiary/aromatic N) is 2. The van der Waals surface area contributed by atoms with E-state index < -0.39 is 5.91 Å². The normalized spacial score (nSPS) is 10.8. The zero-order valence-corrected chi connectivity index (χ0v) is 17.4. The summed E-state index contributed by atoms with van der Waals surface area (Å²) >= 11 is 0. The van der Waals surface area contributed by atoms with Crippen LogP contribution in [0.4, 0.5) is 0 Å². The number of hydrogen-bond donors (Lipinski definition) is 3. The molecule has 142 valence electrons. The minimum Gasteiger partial charge on any atom is -0.484 e. The number of hydrogen-bond acceptors (Lipinski definition) is 3. The van der Waals surface area contributed by atoms with E-state index in [1.807, 2.05) is 55.2 Å². The van der Waals surface area contributed by atoms with Crippen LogP contribution in [-0.2, 0) is 24.9 Å². The molecule has 0 aliphatic rings. The average molecular weight is 471 g/mol. The van der Waals surface area contributed by atoms with Gasteiger partial charge < -0.3 is 25.7 Å². The average Bonchev–Trinajstić information content (AvgIpc) is 3.01. The van der Waals surface area contributed by atoms with Gasteiger partial charge in [-0.05, 0) is 36.2 Å². The summed E-state index contributed by atoms with van der Waals surface area (Å²) in [5.41, 5.74) is 7.27. The number of amides is 1. The fourth-order valence-electron chi connectivity index (χ4n) is 2.25. The number of aliphatic imine (C=N–C) groups is 1.